The smallest absolute Gasteiger partial charge is 0.328 e. The Kier molecular flexibility index (Phi) is 4.47. The molecule has 0 spiro atoms. The summed E-state index contributed by atoms with van der Waals surface area (Å²) in [4.78, 5) is 27.2. The number of aromatic nitrogens is 1. The van der Waals surface area contributed by atoms with Gasteiger partial charge >= 0.3 is 5.97 Å². The van der Waals surface area contributed by atoms with Gasteiger partial charge in [0.1, 0.15) is 17.4 Å². The molecule has 1 heterocycles. The van der Waals surface area contributed by atoms with Gasteiger partial charge in [0.05, 0.1) is 0 Å². The largest absolute Gasteiger partial charge is 0.505 e. The molecule has 1 amide bonds. The Hall–Kier alpha value is -2.11. The van der Waals surface area contributed by atoms with Gasteiger partial charge in [-0.3, -0.25) is 4.79 Å². The quantitative estimate of drug-likeness (QED) is 0.804. The first-order chi connectivity index (χ1) is 8.70. The van der Waals surface area contributed by atoms with E-state index in [2.05, 4.69) is 10.3 Å². The van der Waals surface area contributed by atoms with E-state index in [0.717, 1.165) is 0 Å². The zero-order valence-electron chi connectivity index (χ0n) is 11.4. The maximum atomic E-state index is 11.8. The molecule has 1 atom stereocenters. The van der Waals surface area contributed by atoms with Crippen molar-refractivity contribution in [3.8, 4) is 5.75 Å². The predicted octanol–water partition coefficient (Wildman–Crippen LogP) is 1.25. The molecule has 0 aliphatic carbocycles. The number of carbonyl (C=O) groups is 2. The highest BCUT2D eigenvalue weighted by Crippen LogP contribution is 2.13. The fourth-order valence-electron chi connectivity index (χ4n) is 1.29. The van der Waals surface area contributed by atoms with Crippen molar-refractivity contribution >= 4 is 11.9 Å². The van der Waals surface area contributed by atoms with Crippen molar-refractivity contribution in [3.63, 3.8) is 0 Å². The molecular weight excluding hydrogens is 248 g/mol. The Morgan fingerprint density at radius 1 is 1.42 bits per heavy atom. The van der Waals surface area contributed by atoms with E-state index in [1.165, 1.54) is 25.3 Å². The summed E-state index contributed by atoms with van der Waals surface area (Å²) in [7, 11) is 0. The summed E-state index contributed by atoms with van der Waals surface area (Å²) in [5.41, 5.74) is -0.749. The van der Waals surface area contributed by atoms with E-state index in [9.17, 15) is 14.7 Å². The van der Waals surface area contributed by atoms with Crippen LogP contribution in [0.2, 0.25) is 0 Å². The lowest BCUT2D eigenvalue weighted by Gasteiger charge is -2.22. The van der Waals surface area contributed by atoms with Crippen LogP contribution < -0.4 is 5.32 Å². The molecule has 0 aliphatic heterocycles. The molecule has 0 saturated carbocycles. The number of carbonyl (C=O) groups excluding carboxylic acids is 2. The molecule has 0 saturated heterocycles. The number of rotatable bonds is 3. The molecule has 1 rings (SSSR count). The molecule has 0 aliphatic rings. The standard InChI is InChI=1S/C13H18N2O4/c1-8(12(18)19-13(2,3)4)15-11(17)10-9(16)6-5-7-14-10/h5-8,16H,1-4H3,(H,15,17)/t8-/m0/s1. The topological polar surface area (TPSA) is 88.5 Å². The third kappa shape index (κ3) is 4.57. The second-order valence-corrected chi connectivity index (χ2v) is 5.10. The van der Waals surface area contributed by atoms with Crippen LogP contribution >= 0.6 is 0 Å². The van der Waals surface area contributed by atoms with Gasteiger partial charge in [-0.05, 0) is 39.8 Å². The lowest BCUT2D eigenvalue weighted by Crippen LogP contribution is -2.42. The van der Waals surface area contributed by atoms with E-state index in [1.54, 1.807) is 20.8 Å². The minimum absolute atomic E-state index is 0.127. The predicted molar refractivity (Wildman–Crippen MR) is 68.7 cm³/mol. The maximum Gasteiger partial charge on any atom is 0.328 e. The van der Waals surface area contributed by atoms with Crippen molar-refractivity contribution in [3.05, 3.63) is 24.0 Å². The number of amides is 1. The SMILES string of the molecule is C[C@H](NC(=O)c1ncccc1O)C(=O)OC(C)(C)C. The third-order valence-electron chi connectivity index (χ3n) is 2.11. The van der Waals surface area contributed by atoms with Gasteiger partial charge in [0, 0.05) is 6.20 Å². The normalized spacial score (nSPS) is 12.6. The zero-order chi connectivity index (χ0) is 14.6. The minimum atomic E-state index is -0.826. The molecule has 0 unspecified atom stereocenters. The van der Waals surface area contributed by atoms with Crippen LogP contribution in [-0.4, -0.2) is 33.6 Å². The Morgan fingerprint density at radius 2 is 2.05 bits per heavy atom. The number of hydrogen-bond acceptors (Lipinski definition) is 5. The molecule has 0 fully saturated rings. The maximum absolute atomic E-state index is 11.8. The van der Waals surface area contributed by atoms with Crippen LogP contribution in [0.4, 0.5) is 0 Å². The number of ether oxygens (including phenoxy) is 1. The van der Waals surface area contributed by atoms with Crippen LogP contribution in [0.1, 0.15) is 38.2 Å². The molecular formula is C13H18N2O4. The second-order valence-electron chi connectivity index (χ2n) is 5.10. The number of aromatic hydroxyl groups is 1. The molecule has 6 heteroatoms. The minimum Gasteiger partial charge on any atom is -0.505 e. The molecule has 0 radical (unpaired) electrons. The highest BCUT2D eigenvalue weighted by molar-refractivity contribution is 5.97. The van der Waals surface area contributed by atoms with Crippen molar-refractivity contribution in [1.29, 1.82) is 0 Å². The summed E-state index contributed by atoms with van der Waals surface area (Å²) in [6.45, 7) is 6.73. The van der Waals surface area contributed by atoms with Crippen molar-refractivity contribution in [2.45, 2.75) is 39.3 Å². The van der Waals surface area contributed by atoms with Crippen LogP contribution in [0.5, 0.6) is 5.75 Å². The molecule has 19 heavy (non-hydrogen) atoms. The number of nitrogens with one attached hydrogen (secondary N) is 1. The first-order valence-corrected chi connectivity index (χ1v) is 5.88. The lowest BCUT2D eigenvalue weighted by atomic mass is 10.2. The first kappa shape index (κ1) is 14.9. The summed E-state index contributed by atoms with van der Waals surface area (Å²) in [5, 5.41) is 11.9. The van der Waals surface area contributed by atoms with Gasteiger partial charge in [0.25, 0.3) is 5.91 Å². The van der Waals surface area contributed by atoms with E-state index >= 15 is 0 Å². The van der Waals surface area contributed by atoms with Crippen LogP contribution in [0.15, 0.2) is 18.3 Å². The van der Waals surface area contributed by atoms with Crippen LogP contribution in [0.25, 0.3) is 0 Å². The van der Waals surface area contributed by atoms with Gasteiger partial charge in [-0.2, -0.15) is 0 Å². The first-order valence-electron chi connectivity index (χ1n) is 5.88. The van der Waals surface area contributed by atoms with Gasteiger partial charge in [-0.1, -0.05) is 0 Å². The van der Waals surface area contributed by atoms with Crippen molar-refractivity contribution in [2.24, 2.45) is 0 Å². The molecule has 104 valence electrons. The Bertz CT molecular complexity index is 480. The van der Waals surface area contributed by atoms with Crippen LogP contribution in [-0.2, 0) is 9.53 Å². The Balaban J connectivity index is 2.67. The van der Waals surface area contributed by atoms with E-state index < -0.39 is 23.5 Å². The van der Waals surface area contributed by atoms with Gasteiger partial charge in [0.2, 0.25) is 0 Å². The van der Waals surface area contributed by atoms with Crippen molar-refractivity contribution < 1.29 is 19.4 Å². The van der Waals surface area contributed by atoms with E-state index in [1.807, 2.05) is 0 Å². The summed E-state index contributed by atoms with van der Waals surface area (Å²) < 4.78 is 5.13. The van der Waals surface area contributed by atoms with Crippen LogP contribution in [0, 0.1) is 0 Å². The number of hydrogen-bond donors (Lipinski definition) is 2. The van der Waals surface area contributed by atoms with Gasteiger partial charge in [0.15, 0.2) is 5.69 Å². The average molecular weight is 266 g/mol. The molecule has 0 aromatic carbocycles. The van der Waals surface area contributed by atoms with E-state index in [4.69, 9.17) is 4.74 Å². The van der Waals surface area contributed by atoms with Gasteiger partial charge in [-0.15, -0.1) is 0 Å². The van der Waals surface area contributed by atoms with Crippen molar-refractivity contribution in [2.75, 3.05) is 0 Å². The summed E-state index contributed by atoms with van der Waals surface area (Å²) >= 11 is 0. The van der Waals surface area contributed by atoms with E-state index in [-0.39, 0.29) is 11.4 Å². The summed E-state index contributed by atoms with van der Waals surface area (Å²) in [5.74, 6) is -1.41. The van der Waals surface area contributed by atoms with Gasteiger partial charge in [-0.25, -0.2) is 9.78 Å². The number of nitrogens with zero attached hydrogens (tertiary/aromatic N) is 1. The zero-order valence-corrected chi connectivity index (χ0v) is 11.4. The Morgan fingerprint density at radius 3 is 2.58 bits per heavy atom. The van der Waals surface area contributed by atoms with Crippen LogP contribution in [0.3, 0.4) is 0 Å². The number of pyridine rings is 1. The molecule has 6 nitrogen and oxygen atoms in total. The molecule has 1 aromatic heterocycles. The van der Waals surface area contributed by atoms with Gasteiger partial charge < -0.3 is 15.2 Å². The second kappa shape index (κ2) is 5.69. The Labute approximate surface area is 111 Å². The summed E-state index contributed by atoms with van der Waals surface area (Å²) in [6.07, 6.45) is 1.38. The average Bonchev–Trinajstić information content (AvgIpc) is 2.27. The summed E-state index contributed by atoms with van der Waals surface area (Å²) in [6, 6.07) is 2.02. The fourth-order valence-corrected chi connectivity index (χ4v) is 1.29. The molecule has 1 aromatic rings. The fraction of sp³-hybridized carbons (Fsp3) is 0.462. The monoisotopic (exact) mass is 266 g/mol. The molecule has 2 N–H and O–H groups in total. The highest BCUT2D eigenvalue weighted by Gasteiger charge is 2.24. The third-order valence-corrected chi connectivity index (χ3v) is 2.11. The highest BCUT2D eigenvalue weighted by atomic mass is 16.6. The lowest BCUT2D eigenvalue weighted by molar-refractivity contribution is -0.156. The van der Waals surface area contributed by atoms with Crippen molar-refractivity contribution in [1.82, 2.24) is 10.3 Å². The number of esters is 1. The van der Waals surface area contributed by atoms with E-state index in [0.29, 0.717) is 0 Å². The molecule has 0 bridgehead atoms.